The van der Waals surface area contributed by atoms with Crippen LogP contribution in [0.15, 0.2) is 36.5 Å². The topological polar surface area (TPSA) is 0 Å². The van der Waals surface area contributed by atoms with Gasteiger partial charge in [0.05, 0.1) is 0 Å². The molecular weight excluding hydrogens is 204 g/mol. The number of unbranched alkanes of at least 4 members (excludes halogenated alkanes) is 5. The van der Waals surface area contributed by atoms with Gasteiger partial charge in [-0.05, 0) is 38.5 Å². The maximum Gasteiger partial charge on any atom is -0.0169 e. The average molecular weight is 233 g/mol. The third-order valence-corrected chi connectivity index (χ3v) is 2.64. The lowest BCUT2D eigenvalue weighted by molar-refractivity contribution is 0.728. The summed E-state index contributed by atoms with van der Waals surface area (Å²) in [6.45, 7) is 6.07. The number of hydrogen-bond donors (Lipinski definition) is 0. The van der Waals surface area contributed by atoms with E-state index in [1.54, 1.807) is 0 Å². The fourth-order valence-electron chi connectivity index (χ4n) is 1.55. The van der Waals surface area contributed by atoms with E-state index in [-0.39, 0.29) is 0 Å². The van der Waals surface area contributed by atoms with E-state index >= 15 is 0 Å². The van der Waals surface area contributed by atoms with Crippen molar-refractivity contribution in [1.29, 1.82) is 0 Å². The molecule has 0 nitrogen and oxygen atoms in total. The van der Waals surface area contributed by atoms with Gasteiger partial charge in [-0.25, -0.2) is 0 Å². The minimum absolute atomic E-state index is 1.04. The van der Waals surface area contributed by atoms with Crippen LogP contribution in [-0.2, 0) is 0 Å². The van der Waals surface area contributed by atoms with E-state index in [4.69, 9.17) is 0 Å². The van der Waals surface area contributed by atoms with Crippen LogP contribution < -0.4 is 0 Å². The molecule has 0 aliphatic heterocycles. The summed E-state index contributed by atoms with van der Waals surface area (Å²) in [6.07, 6.45) is 24.4. The Balaban J connectivity index is 3.27. The largest absolute Gasteiger partial charge is 0.0882 e. The van der Waals surface area contributed by atoms with Gasteiger partial charge in [0, 0.05) is 0 Å². The first-order chi connectivity index (χ1) is 8.41. The quantitative estimate of drug-likeness (QED) is 0.302. The van der Waals surface area contributed by atoms with Crippen molar-refractivity contribution < 1.29 is 0 Å². The summed E-state index contributed by atoms with van der Waals surface area (Å²) in [4.78, 5) is 0. The molecule has 0 unspecified atom stereocenters. The average Bonchev–Trinajstić information content (AvgIpc) is 2.35. The minimum Gasteiger partial charge on any atom is -0.0882 e. The Morgan fingerprint density at radius 1 is 0.706 bits per heavy atom. The second-order valence-corrected chi connectivity index (χ2v) is 4.38. The van der Waals surface area contributed by atoms with Crippen molar-refractivity contribution in [2.45, 2.75) is 64.7 Å². The molecule has 0 spiro atoms. The lowest BCUT2D eigenvalue weighted by Gasteiger charge is -1.90. The van der Waals surface area contributed by atoms with Gasteiger partial charge in [-0.2, -0.15) is 0 Å². The Morgan fingerprint density at radius 2 is 1.24 bits per heavy atom. The predicted octanol–water partition coefficient (Wildman–Crippen LogP) is 6.02. The zero-order valence-corrected chi connectivity index (χ0v) is 11.5. The number of rotatable bonds is 11. The molecule has 0 N–H and O–H groups in total. The fourth-order valence-corrected chi connectivity index (χ4v) is 1.55. The van der Waals surface area contributed by atoms with Gasteiger partial charge < -0.3 is 0 Å². The van der Waals surface area contributed by atoms with Gasteiger partial charge in [0.15, 0.2) is 0 Å². The van der Waals surface area contributed by atoms with Crippen LogP contribution in [0, 0.1) is 6.92 Å². The summed E-state index contributed by atoms with van der Waals surface area (Å²) >= 11 is 0. The first kappa shape index (κ1) is 16.2. The third-order valence-electron chi connectivity index (χ3n) is 2.64. The second kappa shape index (κ2) is 15.2. The number of hydrogen-bond acceptors (Lipinski definition) is 0. The molecule has 0 rings (SSSR count). The van der Waals surface area contributed by atoms with E-state index in [2.05, 4.69) is 50.3 Å². The summed E-state index contributed by atoms with van der Waals surface area (Å²) in [6, 6.07) is 0. The molecule has 17 heavy (non-hydrogen) atoms. The van der Waals surface area contributed by atoms with Crippen LogP contribution in [0.1, 0.15) is 64.7 Å². The summed E-state index contributed by atoms with van der Waals surface area (Å²) in [5, 5.41) is 0. The summed E-state index contributed by atoms with van der Waals surface area (Å²) in [5.41, 5.74) is 0. The van der Waals surface area contributed by atoms with Crippen molar-refractivity contribution in [3.05, 3.63) is 43.4 Å². The zero-order chi connectivity index (χ0) is 12.6. The van der Waals surface area contributed by atoms with E-state index in [0.29, 0.717) is 0 Å². The van der Waals surface area contributed by atoms with Crippen LogP contribution in [0.3, 0.4) is 0 Å². The fraction of sp³-hybridized carbons (Fsp3) is 0.588. The molecule has 0 aliphatic carbocycles. The van der Waals surface area contributed by atoms with E-state index in [1.807, 2.05) is 0 Å². The van der Waals surface area contributed by atoms with Crippen LogP contribution in [0.4, 0.5) is 0 Å². The van der Waals surface area contributed by atoms with Gasteiger partial charge in [0.2, 0.25) is 0 Å². The van der Waals surface area contributed by atoms with Crippen molar-refractivity contribution in [1.82, 2.24) is 0 Å². The molecule has 0 amide bonds. The Kier molecular flexibility index (Phi) is 14.5. The van der Waals surface area contributed by atoms with E-state index < -0.39 is 0 Å². The molecule has 0 bridgehead atoms. The van der Waals surface area contributed by atoms with E-state index in [0.717, 1.165) is 19.3 Å². The monoisotopic (exact) mass is 233 g/mol. The molecule has 0 aromatic heterocycles. The van der Waals surface area contributed by atoms with Crippen molar-refractivity contribution >= 4 is 0 Å². The van der Waals surface area contributed by atoms with Crippen LogP contribution in [0.2, 0.25) is 0 Å². The summed E-state index contributed by atoms with van der Waals surface area (Å²) < 4.78 is 0. The highest BCUT2D eigenvalue weighted by Crippen LogP contribution is 2.01. The van der Waals surface area contributed by atoms with Crippen LogP contribution in [-0.4, -0.2) is 0 Å². The highest BCUT2D eigenvalue weighted by Gasteiger charge is 1.80. The van der Waals surface area contributed by atoms with Crippen LogP contribution in [0.5, 0.6) is 0 Å². The maximum absolute atomic E-state index is 3.82. The molecule has 1 radical (unpaired) electrons. The molecule has 0 aromatic carbocycles. The SMILES string of the molecule is [CH2]CCCC=CCC=CCC=CCCCCC. The van der Waals surface area contributed by atoms with Gasteiger partial charge in [-0.1, -0.05) is 69.6 Å². The Labute approximate surface area is 109 Å². The molecular formula is C17H29. The molecule has 0 aromatic rings. The lowest BCUT2D eigenvalue weighted by atomic mass is 10.2. The standard InChI is InChI=1S/C17H29/c1-3-5-7-9-11-13-15-17-16-14-12-10-8-6-4-2/h9,11-12,14-15,17H,1,3-8,10,13,16H2,2H3. The molecule has 0 fully saturated rings. The van der Waals surface area contributed by atoms with Gasteiger partial charge in [-0.15, -0.1) is 0 Å². The van der Waals surface area contributed by atoms with Gasteiger partial charge in [-0.3, -0.25) is 0 Å². The van der Waals surface area contributed by atoms with Gasteiger partial charge >= 0.3 is 0 Å². The third kappa shape index (κ3) is 15.2. The molecule has 97 valence electrons. The Hall–Kier alpha value is -0.780. The molecule has 0 saturated carbocycles. The van der Waals surface area contributed by atoms with E-state index in [1.165, 1.54) is 38.5 Å². The van der Waals surface area contributed by atoms with Crippen LogP contribution in [0.25, 0.3) is 0 Å². The molecule has 0 saturated heterocycles. The maximum atomic E-state index is 3.82. The van der Waals surface area contributed by atoms with Crippen molar-refractivity contribution in [2.24, 2.45) is 0 Å². The number of allylic oxidation sites excluding steroid dienone is 6. The minimum atomic E-state index is 1.04. The lowest BCUT2D eigenvalue weighted by Crippen LogP contribution is -1.70. The summed E-state index contributed by atoms with van der Waals surface area (Å²) in [7, 11) is 0. The van der Waals surface area contributed by atoms with E-state index in [9.17, 15) is 0 Å². The highest BCUT2D eigenvalue weighted by molar-refractivity contribution is 4.97. The first-order valence-electron chi connectivity index (χ1n) is 7.16. The molecule has 0 heterocycles. The van der Waals surface area contributed by atoms with Crippen molar-refractivity contribution in [2.75, 3.05) is 0 Å². The molecule has 0 heteroatoms. The van der Waals surface area contributed by atoms with Crippen LogP contribution >= 0.6 is 0 Å². The zero-order valence-electron chi connectivity index (χ0n) is 11.5. The van der Waals surface area contributed by atoms with Crippen molar-refractivity contribution in [3.63, 3.8) is 0 Å². The molecule has 0 aliphatic rings. The normalized spacial score (nSPS) is 12.4. The predicted molar refractivity (Wildman–Crippen MR) is 80.0 cm³/mol. The van der Waals surface area contributed by atoms with Gasteiger partial charge in [0.25, 0.3) is 0 Å². The highest BCUT2D eigenvalue weighted by atomic mass is 13.9. The van der Waals surface area contributed by atoms with Gasteiger partial charge in [0.1, 0.15) is 0 Å². The molecule has 0 atom stereocenters. The second-order valence-electron chi connectivity index (χ2n) is 4.38. The Morgan fingerprint density at radius 3 is 1.76 bits per heavy atom. The smallest absolute Gasteiger partial charge is 0.0169 e. The Bertz CT molecular complexity index is 208. The summed E-state index contributed by atoms with van der Waals surface area (Å²) in [5.74, 6) is 0. The van der Waals surface area contributed by atoms with Crippen molar-refractivity contribution in [3.8, 4) is 0 Å². The first-order valence-corrected chi connectivity index (χ1v) is 7.16.